The summed E-state index contributed by atoms with van der Waals surface area (Å²) in [6.07, 6.45) is 1.62. The Bertz CT molecular complexity index is 415. The molecule has 0 aliphatic carbocycles. The zero-order valence-electron chi connectivity index (χ0n) is 8.03. The van der Waals surface area contributed by atoms with E-state index in [-0.39, 0.29) is 5.56 Å². The summed E-state index contributed by atoms with van der Waals surface area (Å²) < 4.78 is 12.9. The quantitative estimate of drug-likeness (QED) is 0.610. The number of carboxylic acid groups (broad SMARTS) is 1. The molecule has 78 valence electrons. The third kappa shape index (κ3) is 3.34. The van der Waals surface area contributed by atoms with Gasteiger partial charge in [0.25, 0.3) is 0 Å². The van der Waals surface area contributed by atoms with Crippen molar-refractivity contribution < 1.29 is 19.1 Å². The maximum absolute atomic E-state index is 12.9. The standard InChI is InChI=1S/C11H9FO3/c1-7-4-8(6-9(12)5-7)10(13)2-3-11(14)15/h2-6H,1H3,(H,14,15)/b3-2+. The molecule has 0 bridgehead atoms. The molecule has 3 nitrogen and oxygen atoms in total. The van der Waals surface area contributed by atoms with Crippen LogP contribution in [-0.4, -0.2) is 16.9 Å². The third-order valence-corrected chi connectivity index (χ3v) is 1.70. The van der Waals surface area contributed by atoms with Gasteiger partial charge in [-0.25, -0.2) is 9.18 Å². The third-order valence-electron chi connectivity index (χ3n) is 1.70. The average Bonchev–Trinajstić information content (AvgIpc) is 2.12. The lowest BCUT2D eigenvalue weighted by molar-refractivity contribution is -0.131. The van der Waals surface area contributed by atoms with Gasteiger partial charge in [0.1, 0.15) is 5.82 Å². The van der Waals surface area contributed by atoms with Crippen LogP contribution < -0.4 is 0 Å². The molecule has 0 aliphatic rings. The van der Waals surface area contributed by atoms with Gasteiger partial charge in [0.15, 0.2) is 5.78 Å². The maximum Gasteiger partial charge on any atom is 0.328 e. The van der Waals surface area contributed by atoms with Crippen LogP contribution in [0.4, 0.5) is 4.39 Å². The minimum Gasteiger partial charge on any atom is -0.478 e. The number of carbonyl (C=O) groups excluding carboxylic acids is 1. The van der Waals surface area contributed by atoms with E-state index in [2.05, 4.69) is 0 Å². The van der Waals surface area contributed by atoms with E-state index in [0.29, 0.717) is 5.56 Å². The molecule has 0 amide bonds. The molecule has 1 aromatic rings. The molecule has 0 heterocycles. The van der Waals surface area contributed by atoms with E-state index in [1.807, 2.05) is 0 Å². The number of hydrogen-bond acceptors (Lipinski definition) is 2. The molecule has 0 atom stereocenters. The zero-order chi connectivity index (χ0) is 11.4. The van der Waals surface area contributed by atoms with Crippen molar-refractivity contribution in [2.45, 2.75) is 6.92 Å². The molecule has 0 fully saturated rings. The molecule has 1 N–H and O–H groups in total. The summed E-state index contributed by atoms with van der Waals surface area (Å²) in [5.74, 6) is -2.25. The van der Waals surface area contributed by atoms with Crippen LogP contribution in [0.1, 0.15) is 15.9 Å². The van der Waals surface area contributed by atoms with Crippen LogP contribution in [0.3, 0.4) is 0 Å². The van der Waals surface area contributed by atoms with Gasteiger partial charge in [-0.1, -0.05) is 0 Å². The number of hydrogen-bond donors (Lipinski definition) is 1. The van der Waals surface area contributed by atoms with Crippen LogP contribution >= 0.6 is 0 Å². The van der Waals surface area contributed by atoms with Crippen molar-refractivity contribution in [1.82, 2.24) is 0 Å². The molecule has 0 radical (unpaired) electrons. The molecule has 0 saturated carbocycles. The highest BCUT2D eigenvalue weighted by Gasteiger charge is 2.04. The van der Waals surface area contributed by atoms with Crippen molar-refractivity contribution in [3.05, 3.63) is 47.3 Å². The highest BCUT2D eigenvalue weighted by molar-refractivity contribution is 6.06. The van der Waals surface area contributed by atoms with E-state index in [9.17, 15) is 14.0 Å². The maximum atomic E-state index is 12.9. The summed E-state index contributed by atoms with van der Waals surface area (Å²) in [5.41, 5.74) is 0.757. The van der Waals surface area contributed by atoms with Gasteiger partial charge >= 0.3 is 5.97 Å². The number of carbonyl (C=O) groups is 2. The summed E-state index contributed by atoms with van der Waals surface area (Å²) in [4.78, 5) is 21.5. The van der Waals surface area contributed by atoms with E-state index in [4.69, 9.17) is 5.11 Å². The molecule has 0 saturated heterocycles. The first-order chi connectivity index (χ1) is 6.99. The van der Waals surface area contributed by atoms with Crippen molar-refractivity contribution in [2.24, 2.45) is 0 Å². The summed E-state index contributed by atoms with van der Waals surface area (Å²) in [6.45, 7) is 1.65. The number of halogens is 1. The lowest BCUT2D eigenvalue weighted by Crippen LogP contribution is -1.98. The van der Waals surface area contributed by atoms with Gasteiger partial charge in [-0.2, -0.15) is 0 Å². The second kappa shape index (κ2) is 4.50. The number of benzene rings is 1. The average molecular weight is 208 g/mol. The van der Waals surface area contributed by atoms with Gasteiger partial charge in [-0.15, -0.1) is 0 Å². The molecule has 0 unspecified atom stereocenters. The lowest BCUT2D eigenvalue weighted by atomic mass is 10.1. The predicted octanol–water partition coefficient (Wildman–Crippen LogP) is 1.96. The normalized spacial score (nSPS) is 10.5. The van der Waals surface area contributed by atoms with E-state index >= 15 is 0 Å². The highest BCUT2D eigenvalue weighted by atomic mass is 19.1. The van der Waals surface area contributed by atoms with Crippen LogP contribution in [0.2, 0.25) is 0 Å². The number of carboxylic acids is 1. The molecule has 0 aliphatic heterocycles. The first-order valence-corrected chi connectivity index (χ1v) is 4.21. The molecule has 1 rings (SSSR count). The van der Waals surface area contributed by atoms with Crippen molar-refractivity contribution in [3.8, 4) is 0 Å². The van der Waals surface area contributed by atoms with Crippen LogP contribution in [0.25, 0.3) is 0 Å². The zero-order valence-corrected chi connectivity index (χ0v) is 8.03. The minimum atomic E-state index is -1.21. The number of aryl methyl sites for hydroxylation is 1. The van der Waals surface area contributed by atoms with E-state index in [0.717, 1.165) is 18.2 Å². The van der Waals surface area contributed by atoms with Gasteiger partial charge in [0.2, 0.25) is 0 Å². The molecule has 0 aromatic heterocycles. The fraction of sp³-hybridized carbons (Fsp3) is 0.0909. The van der Waals surface area contributed by atoms with E-state index in [1.165, 1.54) is 12.1 Å². The summed E-state index contributed by atoms with van der Waals surface area (Å²) in [7, 11) is 0. The molecule has 1 aromatic carbocycles. The Balaban J connectivity index is 2.96. The Hall–Kier alpha value is -1.97. The summed E-state index contributed by atoms with van der Waals surface area (Å²) >= 11 is 0. The Labute approximate surface area is 85.8 Å². The van der Waals surface area contributed by atoms with Gasteiger partial charge in [-0.3, -0.25) is 4.79 Å². The van der Waals surface area contributed by atoms with Gasteiger partial charge in [-0.05, 0) is 36.8 Å². The largest absolute Gasteiger partial charge is 0.478 e. The molecule has 15 heavy (non-hydrogen) atoms. The second-order valence-corrected chi connectivity index (χ2v) is 3.05. The summed E-state index contributed by atoms with van der Waals surface area (Å²) in [6, 6.07) is 3.86. The number of rotatable bonds is 3. The Kier molecular flexibility index (Phi) is 3.33. The first-order valence-electron chi connectivity index (χ1n) is 4.21. The van der Waals surface area contributed by atoms with Crippen molar-refractivity contribution >= 4 is 11.8 Å². The van der Waals surface area contributed by atoms with Crippen LogP contribution in [0.15, 0.2) is 30.4 Å². The number of allylic oxidation sites excluding steroid dienone is 1. The molecule has 0 spiro atoms. The van der Waals surface area contributed by atoms with Crippen LogP contribution in [-0.2, 0) is 4.79 Å². The Morgan fingerprint density at radius 3 is 2.47 bits per heavy atom. The number of ketones is 1. The first kappa shape index (κ1) is 11.1. The molecule has 4 heteroatoms. The molecular weight excluding hydrogens is 199 g/mol. The minimum absolute atomic E-state index is 0.144. The SMILES string of the molecule is Cc1cc(F)cc(C(=O)/C=C/C(=O)O)c1. The molecular formula is C11H9FO3. The van der Waals surface area contributed by atoms with Gasteiger partial charge < -0.3 is 5.11 Å². The Morgan fingerprint density at radius 2 is 1.93 bits per heavy atom. The van der Waals surface area contributed by atoms with E-state index < -0.39 is 17.6 Å². The lowest BCUT2D eigenvalue weighted by Gasteiger charge is -1.98. The van der Waals surface area contributed by atoms with E-state index in [1.54, 1.807) is 6.92 Å². The smallest absolute Gasteiger partial charge is 0.328 e. The fourth-order valence-electron chi connectivity index (χ4n) is 1.12. The van der Waals surface area contributed by atoms with Crippen LogP contribution in [0, 0.1) is 12.7 Å². The van der Waals surface area contributed by atoms with Crippen molar-refractivity contribution in [3.63, 3.8) is 0 Å². The second-order valence-electron chi connectivity index (χ2n) is 3.05. The van der Waals surface area contributed by atoms with Gasteiger partial charge in [0, 0.05) is 11.6 Å². The Morgan fingerprint density at radius 1 is 1.27 bits per heavy atom. The van der Waals surface area contributed by atoms with Crippen molar-refractivity contribution in [1.29, 1.82) is 0 Å². The topological polar surface area (TPSA) is 54.4 Å². The predicted molar refractivity (Wildman–Crippen MR) is 52.2 cm³/mol. The number of aliphatic carboxylic acids is 1. The summed E-state index contributed by atoms with van der Waals surface area (Å²) in [5, 5.41) is 8.31. The fourth-order valence-corrected chi connectivity index (χ4v) is 1.12. The van der Waals surface area contributed by atoms with Crippen LogP contribution in [0.5, 0.6) is 0 Å². The van der Waals surface area contributed by atoms with Gasteiger partial charge in [0.05, 0.1) is 0 Å². The van der Waals surface area contributed by atoms with Crippen molar-refractivity contribution in [2.75, 3.05) is 0 Å². The highest BCUT2D eigenvalue weighted by Crippen LogP contribution is 2.09. The monoisotopic (exact) mass is 208 g/mol.